The molecule has 0 radical (unpaired) electrons. The van der Waals surface area contributed by atoms with Crippen molar-refractivity contribution in [3.8, 4) is 5.75 Å². The van der Waals surface area contributed by atoms with Gasteiger partial charge in [0, 0.05) is 18.3 Å². The molecule has 2 aromatic rings. The Balaban J connectivity index is 1.23. The Morgan fingerprint density at radius 3 is 2.76 bits per heavy atom. The summed E-state index contributed by atoms with van der Waals surface area (Å²) in [7, 11) is 0. The predicted molar refractivity (Wildman–Crippen MR) is 138 cm³/mol. The zero-order valence-corrected chi connectivity index (χ0v) is 22.3. The first kappa shape index (κ1) is 26.4. The van der Waals surface area contributed by atoms with E-state index in [1.165, 1.54) is 11.0 Å². The Morgan fingerprint density at radius 1 is 1.29 bits per heavy atom. The molecule has 1 N–H and O–H groups in total. The second kappa shape index (κ2) is 10.5. The van der Waals surface area contributed by atoms with E-state index in [1.807, 2.05) is 27.7 Å². The Labute approximate surface area is 221 Å². The van der Waals surface area contributed by atoms with Gasteiger partial charge in [0.15, 0.2) is 23.2 Å². The van der Waals surface area contributed by atoms with Crippen LogP contribution >= 0.6 is 0 Å². The average molecular weight is 527 g/mol. The first-order valence-electron chi connectivity index (χ1n) is 13.2. The molecule has 3 heterocycles. The summed E-state index contributed by atoms with van der Waals surface area (Å²) in [5, 5.41) is 7.29. The third-order valence-electron chi connectivity index (χ3n) is 6.87. The maximum atomic E-state index is 14.9. The third kappa shape index (κ3) is 6.07. The summed E-state index contributed by atoms with van der Waals surface area (Å²) < 4.78 is 33.9. The molecular formula is C28H35FN4O5. The smallest absolute Gasteiger partial charge is 0.251 e. The van der Waals surface area contributed by atoms with Gasteiger partial charge in [0.2, 0.25) is 5.91 Å². The number of ether oxygens (including phenoxy) is 3. The number of benzene rings is 1. The average Bonchev–Trinajstić information content (AvgIpc) is 3.36. The van der Waals surface area contributed by atoms with Crippen LogP contribution in [0.15, 0.2) is 42.3 Å². The second-order valence-corrected chi connectivity index (χ2v) is 11.1. The highest BCUT2D eigenvalue weighted by molar-refractivity contribution is 5.99. The lowest BCUT2D eigenvalue weighted by Gasteiger charge is -2.28. The minimum Gasteiger partial charge on any atom is -0.457 e. The lowest BCUT2D eigenvalue weighted by atomic mass is 10.0. The van der Waals surface area contributed by atoms with Gasteiger partial charge in [-0.05, 0) is 56.6 Å². The topological polar surface area (TPSA) is 94.9 Å². The molecule has 0 unspecified atom stereocenters. The summed E-state index contributed by atoms with van der Waals surface area (Å²) in [4.78, 5) is 27.7. The number of hydrogen-bond donors (Lipinski definition) is 1. The number of nitrogens with zero attached hydrogens (tertiary/aromatic N) is 3. The van der Waals surface area contributed by atoms with E-state index < -0.39 is 11.8 Å². The fourth-order valence-corrected chi connectivity index (χ4v) is 4.92. The van der Waals surface area contributed by atoms with Gasteiger partial charge in [-0.1, -0.05) is 26.0 Å². The second-order valence-electron chi connectivity index (χ2n) is 11.1. The first-order chi connectivity index (χ1) is 18.1. The Bertz CT molecular complexity index is 1240. The van der Waals surface area contributed by atoms with E-state index in [1.54, 1.807) is 35.1 Å². The van der Waals surface area contributed by atoms with E-state index in [9.17, 15) is 14.0 Å². The van der Waals surface area contributed by atoms with Gasteiger partial charge in [-0.25, -0.2) is 4.39 Å². The Kier molecular flexibility index (Phi) is 7.28. The standard InChI is InChI=1S/C28H35FN4O5/c1-17(2)12-22(27(35)30-24-10-11-32(31-24)14-20-16-36-28(3,4)38-20)33-15-19(13-25(33)34)37-23-7-5-6-21(26(23)29)18-8-9-18/h5-7,10-11,13,17-18,20,22H,8-9,12,14-16H2,1-4H3,(H,30,31,35)/t20-,22+/m1/s1. The zero-order valence-electron chi connectivity index (χ0n) is 22.3. The first-order valence-corrected chi connectivity index (χ1v) is 13.2. The van der Waals surface area contributed by atoms with Crippen molar-refractivity contribution in [3.05, 3.63) is 53.7 Å². The molecule has 10 heteroatoms. The lowest BCUT2D eigenvalue weighted by molar-refractivity contribution is -0.139. The molecule has 9 nitrogen and oxygen atoms in total. The van der Waals surface area contributed by atoms with Crippen LogP contribution in [0.2, 0.25) is 0 Å². The highest BCUT2D eigenvalue weighted by atomic mass is 19.1. The molecule has 204 valence electrons. The summed E-state index contributed by atoms with van der Waals surface area (Å²) in [6.07, 6.45) is 5.36. The summed E-state index contributed by atoms with van der Waals surface area (Å²) in [5.74, 6) is -0.492. The number of amides is 2. The lowest BCUT2D eigenvalue weighted by Crippen LogP contribution is -2.46. The molecule has 1 aromatic heterocycles. The van der Waals surface area contributed by atoms with Crippen LogP contribution in [0.3, 0.4) is 0 Å². The summed E-state index contributed by atoms with van der Waals surface area (Å²) >= 11 is 0. The molecule has 38 heavy (non-hydrogen) atoms. The van der Waals surface area contributed by atoms with E-state index >= 15 is 0 Å². The van der Waals surface area contributed by atoms with Crippen LogP contribution in [-0.2, 0) is 25.6 Å². The third-order valence-corrected chi connectivity index (χ3v) is 6.87. The molecule has 1 saturated heterocycles. The molecule has 1 aromatic carbocycles. The normalized spacial score (nSPS) is 21.6. The van der Waals surface area contributed by atoms with Crippen LogP contribution in [0, 0.1) is 11.7 Å². The van der Waals surface area contributed by atoms with Gasteiger partial charge in [0.25, 0.3) is 5.91 Å². The predicted octanol–water partition coefficient (Wildman–Crippen LogP) is 4.21. The number of carbonyl (C=O) groups excluding carboxylic acids is 2. The van der Waals surface area contributed by atoms with Crippen molar-refractivity contribution in [1.82, 2.24) is 14.7 Å². The highest BCUT2D eigenvalue weighted by Crippen LogP contribution is 2.43. The molecule has 5 rings (SSSR count). The number of rotatable bonds is 10. The molecule has 2 aliphatic heterocycles. The molecule has 1 aliphatic carbocycles. The molecule has 0 spiro atoms. The van der Waals surface area contributed by atoms with Crippen molar-refractivity contribution < 1.29 is 28.2 Å². The van der Waals surface area contributed by atoms with Crippen LogP contribution < -0.4 is 10.1 Å². The van der Waals surface area contributed by atoms with E-state index in [2.05, 4.69) is 10.4 Å². The van der Waals surface area contributed by atoms with Gasteiger partial charge in [-0.3, -0.25) is 14.3 Å². The van der Waals surface area contributed by atoms with Crippen LogP contribution in [0.25, 0.3) is 0 Å². The molecular weight excluding hydrogens is 491 g/mol. The molecule has 2 amide bonds. The molecule has 3 aliphatic rings. The van der Waals surface area contributed by atoms with E-state index in [0.717, 1.165) is 12.8 Å². The van der Waals surface area contributed by atoms with Crippen molar-refractivity contribution in [2.24, 2.45) is 5.92 Å². The number of anilines is 1. The number of aromatic nitrogens is 2. The molecule has 2 atom stereocenters. The minimum atomic E-state index is -0.736. The minimum absolute atomic E-state index is 0.0833. The van der Waals surface area contributed by atoms with Crippen molar-refractivity contribution in [1.29, 1.82) is 0 Å². The van der Waals surface area contributed by atoms with Gasteiger partial charge in [-0.15, -0.1) is 0 Å². The van der Waals surface area contributed by atoms with E-state index in [4.69, 9.17) is 14.2 Å². The number of nitrogens with one attached hydrogen (secondary N) is 1. The van der Waals surface area contributed by atoms with Gasteiger partial charge in [0.1, 0.15) is 17.9 Å². The van der Waals surface area contributed by atoms with Gasteiger partial charge >= 0.3 is 0 Å². The molecule has 1 saturated carbocycles. The van der Waals surface area contributed by atoms with Gasteiger partial charge < -0.3 is 24.4 Å². The summed E-state index contributed by atoms with van der Waals surface area (Å²) in [6, 6.07) is 6.08. The van der Waals surface area contributed by atoms with Crippen LogP contribution in [-0.4, -0.2) is 57.6 Å². The fourth-order valence-electron chi connectivity index (χ4n) is 4.92. The van der Waals surface area contributed by atoms with Crippen molar-refractivity contribution in [3.63, 3.8) is 0 Å². The Hall–Kier alpha value is -3.24. The van der Waals surface area contributed by atoms with E-state index in [-0.39, 0.29) is 47.9 Å². The van der Waals surface area contributed by atoms with Gasteiger partial charge in [-0.2, -0.15) is 5.10 Å². The maximum absolute atomic E-state index is 14.9. The zero-order chi connectivity index (χ0) is 27.0. The van der Waals surface area contributed by atoms with Crippen LogP contribution in [0.1, 0.15) is 58.4 Å². The van der Waals surface area contributed by atoms with E-state index in [0.29, 0.717) is 36.7 Å². The SMILES string of the molecule is CC(C)C[C@@H](C(=O)Nc1ccn(C[C@@H]2COC(C)(C)O2)n1)N1CC(Oc2cccc(C3CC3)c2F)=CC1=O. The quantitative estimate of drug-likeness (QED) is 0.499. The van der Waals surface area contributed by atoms with Crippen LogP contribution in [0.5, 0.6) is 5.75 Å². The van der Waals surface area contributed by atoms with Crippen molar-refractivity contribution in [2.45, 2.75) is 77.4 Å². The molecule has 0 bridgehead atoms. The largest absolute Gasteiger partial charge is 0.457 e. The fraction of sp³-hybridized carbons (Fsp3) is 0.536. The van der Waals surface area contributed by atoms with Crippen molar-refractivity contribution >= 4 is 17.6 Å². The number of carbonyl (C=O) groups is 2. The maximum Gasteiger partial charge on any atom is 0.251 e. The number of hydrogen-bond acceptors (Lipinski definition) is 6. The van der Waals surface area contributed by atoms with Crippen molar-refractivity contribution in [2.75, 3.05) is 18.5 Å². The number of halogens is 1. The summed E-state index contributed by atoms with van der Waals surface area (Å²) in [6.45, 7) is 8.75. The Morgan fingerprint density at radius 2 is 2.08 bits per heavy atom. The summed E-state index contributed by atoms with van der Waals surface area (Å²) in [5.41, 5.74) is 0.650. The van der Waals surface area contributed by atoms with Gasteiger partial charge in [0.05, 0.1) is 19.7 Å². The monoisotopic (exact) mass is 526 g/mol. The van der Waals surface area contributed by atoms with Crippen LogP contribution in [0.4, 0.5) is 10.2 Å². The molecule has 2 fully saturated rings. The highest BCUT2D eigenvalue weighted by Gasteiger charge is 2.36.